The van der Waals surface area contributed by atoms with Crippen molar-refractivity contribution in [3.05, 3.63) is 0 Å². The Morgan fingerprint density at radius 1 is 0.652 bits per heavy atom. The molecule has 1 atom stereocenters. The highest BCUT2D eigenvalue weighted by molar-refractivity contribution is 6.87. The number of hydrogen-bond acceptors (Lipinski definition) is 5. The summed E-state index contributed by atoms with van der Waals surface area (Å²) in [6, 6.07) is 0. The Morgan fingerprint density at radius 2 is 1.17 bits per heavy atom. The molecule has 0 aromatic heterocycles. The maximum atomic E-state index is 6.42. The lowest BCUT2D eigenvalue weighted by Crippen LogP contribution is -2.58. The Labute approximate surface area is 147 Å². The molecule has 0 N–H and O–H groups in total. The second-order valence-corrected chi connectivity index (χ2v) is 23.9. The average molecular weight is 399 g/mol. The van der Waals surface area contributed by atoms with E-state index in [0.29, 0.717) is 13.2 Å². The van der Waals surface area contributed by atoms with Crippen molar-refractivity contribution in [3.8, 4) is 0 Å². The molecule has 9 heteroatoms. The van der Waals surface area contributed by atoms with Crippen LogP contribution in [0.3, 0.4) is 0 Å². The molecule has 0 amide bonds. The summed E-state index contributed by atoms with van der Waals surface area (Å²) >= 11 is 0. The van der Waals surface area contributed by atoms with Gasteiger partial charge < -0.3 is 21.5 Å². The molecule has 140 valence electrons. The molecule has 0 spiro atoms. The second kappa shape index (κ2) is 9.39. The summed E-state index contributed by atoms with van der Waals surface area (Å²) in [5, 5.41) is 0. The second-order valence-electron chi connectivity index (χ2n) is 8.19. The van der Waals surface area contributed by atoms with Gasteiger partial charge in [0.05, 0.1) is 0 Å². The molecule has 0 saturated heterocycles. The van der Waals surface area contributed by atoms with Gasteiger partial charge in [-0.25, -0.2) is 0 Å². The first-order chi connectivity index (χ1) is 10.2. The lowest BCUT2D eigenvalue weighted by Gasteiger charge is -2.40. The Morgan fingerprint density at radius 3 is 1.61 bits per heavy atom. The third kappa shape index (κ3) is 13.6. The fourth-order valence-corrected chi connectivity index (χ4v) is 18.4. The van der Waals surface area contributed by atoms with Crippen LogP contribution in [0.5, 0.6) is 0 Å². The molecule has 0 fully saturated rings. The zero-order valence-corrected chi connectivity index (χ0v) is 20.9. The van der Waals surface area contributed by atoms with E-state index in [1.807, 2.05) is 13.5 Å². The highest BCUT2D eigenvalue weighted by atomic mass is 28.5. The van der Waals surface area contributed by atoms with Crippen molar-refractivity contribution in [2.45, 2.75) is 72.3 Å². The fourth-order valence-electron chi connectivity index (χ4n) is 2.40. The summed E-state index contributed by atoms with van der Waals surface area (Å²) in [5.41, 5.74) is 0. The van der Waals surface area contributed by atoms with Gasteiger partial charge in [-0.15, -0.1) is 0 Å². The minimum atomic E-state index is -2.72. The molecule has 5 nitrogen and oxygen atoms in total. The quantitative estimate of drug-likeness (QED) is 0.360. The van der Waals surface area contributed by atoms with Gasteiger partial charge in [0.15, 0.2) is 16.6 Å². The number of ether oxygens (including phenoxy) is 1. The van der Waals surface area contributed by atoms with Crippen LogP contribution in [-0.2, 0) is 21.5 Å². The molecule has 0 aromatic rings. The molecule has 0 aliphatic rings. The SMILES string of the molecule is CCOCCCO[Si](C)(O[Si](C)(C)C)O[Si](C)(C)O[Si](C)(C)C. The monoisotopic (exact) mass is 398 g/mol. The summed E-state index contributed by atoms with van der Waals surface area (Å²) in [5.74, 6) is 0. The fraction of sp³-hybridized carbons (Fsp3) is 1.00. The van der Waals surface area contributed by atoms with Crippen LogP contribution in [-0.4, -0.2) is 53.8 Å². The molecule has 0 rings (SSSR count). The van der Waals surface area contributed by atoms with Gasteiger partial charge in [-0.3, -0.25) is 0 Å². The topological polar surface area (TPSA) is 46.2 Å². The highest BCUT2D eigenvalue weighted by Gasteiger charge is 2.46. The minimum Gasteiger partial charge on any atom is -0.437 e. The zero-order chi connectivity index (χ0) is 18.4. The van der Waals surface area contributed by atoms with E-state index in [1.54, 1.807) is 0 Å². The minimum absolute atomic E-state index is 0.602. The van der Waals surface area contributed by atoms with E-state index >= 15 is 0 Å². The number of rotatable bonds is 12. The molecular weight excluding hydrogens is 360 g/mol. The predicted octanol–water partition coefficient (Wildman–Crippen LogP) is 4.42. The molecule has 23 heavy (non-hydrogen) atoms. The highest BCUT2D eigenvalue weighted by Crippen LogP contribution is 2.24. The molecule has 0 aliphatic heterocycles. The molecule has 0 radical (unpaired) electrons. The van der Waals surface area contributed by atoms with E-state index in [2.05, 4.69) is 52.4 Å². The van der Waals surface area contributed by atoms with Gasteiger partial charge in [0.25, 0.3) is 0 Å². The van der Waals surface area contributed by atoms with E-state index in [4.69, 9.17) is 21.5 Å². The van der Waals surface area contributed by atoms with Crippen LogP contribution in [0.2, 0.25) is 58.9 Å². The van der Waals surface area contributed by atoms with Crippen LogP contribution < -0.4 is 0 Å². The van der Waals surface area contributed by atoms with Crippen LogP contribution in [0.15, 0.2) is 0 Å². The zero-order valence-electron chi connectivity index (χ0n) is 16.9. The molecule has 0 bridgehead atoms. The van der Waals surface area contributed by atoms with Crippen molar-refractivity contribution in [1.82, 2.24) is 0 Å². The van der Waals surface area contributed by atoms with Crippen LogP contribution in [0, 0.1) is 0 Å². The van der Waals surface area contributed by atoms with Crippen LogP contribution in [0.1, 0.15) is 13.3 Å². The third-order valence-corrected chi connectivity index (χ3v) is 15.0. The smallest absolute Gasteiger partial charge is 0.437 e. The summed E-state index contributed by atoms with van der Waals surface area (Å²) in [6.07, 6.45) is 0.853. The summed E-state index contributed by atoms with van der Waals surface area (Å²) in [4.78, 5) is 0. The van der Waals surface area contributed by atoms with Gasteiger partial charge in [-0.1, -0.05) is 0 Å². The van der Waals surface area contributed by atoms with Crippen LogP contribution >= 0.6 is 0 Å². The first-order valence-corrected chi connectivity index (χ1v) is 20.4. The Balaban J connectivity index is 4.84. The summed E-state index contributed by atoms with van der Waals surface area (Å²) < 4.78 is 30.6. The van der Waals surface area contributed by atoms with Gasteiger partial charge >= 0.3 is 17.4 Å². The standard InChI is InChI=1S/C14H38O5Si4/c1-11-15-13-12-14-16-23(10,18-21(5,6)7)19-22(8,9)17-20(2,3)4/h11-14H2,1-10H3. The average Bonchev–Trinajstić information content (AvgIpc) is 2.20. The van der Waals surface area contributed by atoms with Crippen LogP contribution in [0.25, 0.3) is 0 Å². The Hall–Kier alpha value is 0.668. The predicted molar refractivity (Wildman–Crippen MR) is 106 cm³/mol. The third-order valence-electron chi connectivity index (χ3n) is 2.48. The van der Waals surface area contributed by atoms with Crippen molar-refractivity contribution in [1.29, 1.82) is 0 Å². The van der Waals surface area contributed by atoms with Crippen molar-refractivity contribution >= 4 is 34.0 Å². The molecule has 0 aliphatic carbocycles. The maximum Gasteiger partial charge on any atom is 0.478 e. The molecule has 0 aromatic carbocycles. The van der Waals surface area contributed by atoms with Crippen molar-refractivity contribution in [2.24, 2.45) is 0 Å². The van der Waals surface area contributed by atoms with Crippen molar-refractivity contribution < 1.29 is 21.5 Å². The molecule has 0 saturated carbocycles. The first kappa shape index (κ1) is 23.7. The van der Waals surface area contributed by atoms with Gasteiger partial charge in [0, 0.05) is 26.4 Å². The largest absolute Gasteiger partial charge is 0.478 e. The lowest BCUT2D eigenvalue weighted by molar-refractivity contribution is 0.108. The van der Waals surface area contributed by atoms with Gasteiger partial charge in [0.1, 0.15) is 0 Å². The van der Waals surface area contributed by atoms with E-state index in [9.17, 15) is 0 Å². The van der Waals surface area contributed by atoms with E-state index < -0.39 is 34.0 Å². The van der Waals surface area contributed by atoms with Gasteiger partial charge in [0.2, 0.25) is 0 Å². The summed E-state index contributed by atoms with van der Waals surface area (Å²) in [7, 11) is -8.43. The molecular formula is C14H38O5Si4. The van der Waals surface area contributed by atoms with Crippen molar-refractivity contribution in [3.63, 3.8) is 0 Å². The van der Waals surface area contributed by atoms with Crippen molar-refractivity contribution in [2.75, 3.05) is 19.8 Å². The van der Waals surface area contributed by atoms with Gasteiger partial charge in [-0.05, 0) is 65.7 Å². The summed E-state index contributed by atoms with van der Waals surface area (Å²) in [6.45, 7) is 23.3. The maximum absolute atomic E-state index is 6.42. The Bertz CT molecular complexity index is 341. The first-order valence-electron chi connectivity index (χ1n) is 8.50. The normalized spacial score (nSPS) is 16.4. The van der Waals surface area contributed by atoms with Crippen LogP contribution in [0.4, 0.5) is 0 Å². The van der Waals surface area contributed by atoms with E-state index in [0.717, 1.165) is 13.0 Å². The molecule has 1 unspecified atom stereocenters. The molecule has 0 heterocycles. The van der Waals surface area contributed by atoms with E-state index in [-0.39, 0.29) is 0 Å². The van der Waals surface area contributed by atoms with E-state index in [1.165, 1.54) is 0 Å². The van der Waals surface area contributed by atoms with Gasteiger partial charge in [-0.2, -0.15) is 0 Å². The Kier molecular flexibility index (Phi) is 9.66. The number of hydrogen-bond donors (Lipinski definition) is 0. The lowest BCUT2D eigenvalue weighted by atomic mass is 10.5.